The number of piperidine rings is 1. The average Bonchev–Trinajstić information content (AvgIpc) is 2.94. The van der Waals surface area contributed by atoms with Gasteiger partial charge >= 0.3 is 0 Å². The van der Waals surface area contributed by atoms with Crippen molar-refractivity contribution in [2.75, 3.05) is 18.4 Å². The molecular weight excluding hydrogens is 538 g/mol. The maximum absolute atomic E-state index is 13.9. The van der Waals surface area contributed by atoms with Crippen LogP contribution in [0.1, 0.15) is 45.8 Å². The molecule has 0 spiro atoms. The summed E-state index contributed by atoms with van der Waals surface area (Å²) in [5.41, 5.74) is 3.56. The second-order valence-electron chi connectivity index (χ2n) is 9.73. The number of benzene rings is 2. The standard InChI is InChI=1S/C30H27Cl2FN4O2/c1-19-15-23(31)6-9-26(19)35-28-25(18-37(30(39)27(28)32)17-20-3-2-12-34-16-20)29(38)36-13-10-22(11-14-36)21-4-7-24(33)8-5-21/h2-9,12,15-16,18,22,35H,10-11,13-14,17H2,1H3. The van der Waals surface area contributed by atoms with Gasteiger partial charge in [-0.3, -0.25) is 14.6 Å². The first kappa shape index (κ1) is 26.9. The van der Waals surface area contributed by atoms with Crippen LogP contribution < -0.4 is 10.9 Å². The van der Waals surface area contributed by atoms with Gasteiger partial charge in [-0.1, -0.05) is 41.4 Å². The molecule has 0 aliphatic carbocycles. The fourth-order valence-corrected chi connectivity index (χ4v) is 5.43. The van der Waals surface area contributed by atoms with Gasteiger partial charge in [0, 0.05) is 42.4 Å². The van der Waals surface area contributed by atoms with Crippen LogP contribution in [0, 0.1) is 12.7 Å². The Bertz CT molecular complexity index is 1550. The zero-order valence-electron chi connectivity index (χ0n) is 21.3. The summed E-state index contributed by atoms with van der Waals surface area (Å²) >= 11 is 12.8. The molecule has 2 aromatic carbocycles. The summed E-state index contributed by atoms with van der Waals surface area (Å²) in [5.74, 6) is -0.240. The summed E-state index contributed by atoms with van der Waals surface area (Å²) in [6, 6.07) is 15.5. The Labute approximate surface area is 236 Å². The fraction of sp³-hybridized carbons (Fsp3) is 0.233. The number of hydrogen-bond acceptors (Lipinski definition) is 4. The predicted molar refractivity (Wildman–Crippen MR) is 153 cm³/mol. The molecule has 1 fully saturated rings. The number of aryl methyl sites for hydroxylation is 1. The van der Waals surface area contributed by atoms with E-state index in [1.165, 1.54) is 16.7 Å². The summed E-state index contributed by atoms with van der Waals surface area (Å²) in [5, 5.41) is 3.74. The summed E-state index contributed by atoms with van der Waals surface area (Å²) < 4.78 is 14.8. The molecule has 200 valence electrons. The normalized spacial score (nSPS) is 13.9. The molecule has 1 aliphatic heterocycles. The van der Waals surface area contributed by atoms with Crippen LogP contribution in [0.2, 0.25) is 10.0 Å². The lowest BCUT2D eigenvalue weighted by Crippen LogP contribution is -2.39. The van der Waals surface area contributed by atoms with Crippen molar-refractivity contribution in [3.05, 3.63) is 122 Å². The van der Waals surface area contributed by atoms with Gasteiger partial charge in [0.25, 0.3) is 11.5 Å². The van der Waals surface area contributed by atoms with E-state index in [1.807, 2.05) is 25.1 Å². The van der Waals surface area contributed by atoms with E-state index < -0.39 is 5.56 Å². The van der Waals surface area contributed by atoms with Gasteiger partial charge in [-0.15, -0.1) is 0 Å². The molecule has 0 unspecified atom stereocenters. The van der Waals surface area contributed by atoms with E-state index >= 15 is 0 Å². The van der Waals surface area contributed by atoms with Gasteiger partial charge in [0.05, 0.1) is 17.8 Å². The lowest BCUT2D eigenvalue weighted by atomic mass is 9.89. The topological polar surface area (TPSA) is 67.2 Å². The van der Waals surface area contributed by atoms with E-state index in [-0.39, 0.29) is 34.9 Å². The third kappa shape index (κ3) is 6.00. The maximum Gasteiger partial charge on any atom is 0.271 e. The van der Waals surface area contributed by atoms with Gasteiger partial charge in [-0.25, -0.2) is 4.39 Å². The van der Waals surface area contributed by atoms with E-state index in [9.17, 15) is 14.0 Å². The lowest BCUT2D eigenvalue weighted by Gasteiger charge is -2.33. The van der Waals surface area contributed by atoms with Crippen molar-refractivity contribution in [3.8, 4) is 0 Å². The summed E-state index contributed by atoms with van der Waals surface area (Å²) in [7, 11) is 0. The maximum atomic E-state index is 13.9. The lowest BCUT2D eigenvalue weighted by molar-refractivity contribution is 0.0713. The van der Waals surface area contributed by atoms with Crippen LogP contribution in [0.25, 0.3) is 0 Å². The zero-order valence-corrected chi connectivity index (χ0v) is 22.8. The van der Waals surface area contributed by atoms with Crippen LogP contribution in [-0.2, 0) is 6.54 Å². The molecule has 0 saturated carbocycles. The Hall–Kier alpha value is -3.68. The second-order valence-corrected chi connectivity index (χ2v) is 10.5. The van der Waals surface area contributed by atoms with Crippen molar-refractivity contribution in [1.29, 1.82) is 0 Å². The molecule has 0 radical (unpaired) electrons. The molecule has 4 aromatic rings. The number of carbonyl (C=O) groups excluding carboxylic acids is 1. The monoisotopic (exact) mass is 564 g/mol. The van der Waals surface area contributed by atoms with Crippen LogP contribution >= 0.6 is 23.2 Å². The minimum absolute atomic E-state index is 0.0692. The Morgan fingerprint density at radius 3 is 2.51 bits per heavy atom. The molecule has 5 rings (SSSR count). The van der Waals surface area contributed by atoms with Crippen molar-refractivity contribution in [1.82, 2.24) is 14.5 Å². The van der Waals surface area contributed by atoms with Crippen molar-refractivity contribution < 1.29 is 9.18 Å². The van der Waals surface area contributed by atoms with Crippen LogP contribution in [0.15, 0.2) is 78.0 Å². The van der Waals surface area contributed by atoms with Gasteiger partial charge in [0.2, 0.25) is 0 Å². The number of nitrogens with zero attached hydrogens (tertiary/aromatic N) is 3. The third-order valence-electron chi connectivity index (χ3n) is 7.10. The number of amides is 1. The largest absolute Gasteiger partial charge is 0.353 e. The molecule has 1 N–H and O–H groups in total. The Morgan fingerprint density at radius 1 is 1.10 bits per heavy atom. The van der Waals surface area contributed by atoms with Gasteiger partial charge in [0.1, 0.15) is 10.8 Å². The minimum Gasteiger partial charge on any atom is -0.353 e. The van der Waals surface area contributed by atoms with Crippen molar-refractivity contribution in [2.24, 2.45) is 0 Å². The minimum atomic E-state index is -0.416. The van der Waals surface area contributed by atoms with Crippen molar-refractivity contribution in [2.45, 2.75) is 32.2 Å². The SMILES string of the molecule is Cc1cc(Cl)ccc1Nc1c(C(=O)N2CCC(c3ccc(F)cc3)CC2)cn(Cc2cccnc2)c(=O)c1Cl. The molecular formula is C30H27Cl2FN4O2. The molecule has 1 saturated heterocycles. The van der Waals surface area contributed by atoms with Crippen LogP contribution in [0.5, 0.6) is 0 Å². The molecule has 0 bridgehead atoms. The number of halogens is 3. The first-order valence-electron chi connectivity index (χ1n) is 12.7. The van der Waals surface area contributed by atoms with Gasteiger partial charge in [-0.2, -0.15) is 0 Å². The first-order valence-corrected chi connectivity index (χ1v) is 13.5. The Kier molecular flexibility index (Phi) is 8.00. The summed E-state index contributed by atoms with van der Waals surface area (Å²) in [6.07, 6.45) is 6.40. The Balaban J connectivity index is 1.47. The number of likely N-dealkylation sites (tertiary alicyclic amines) is 1. The van der Waals surface area contributed by atoms with Crippen LogP contribution in [-0.4, -0.2) is 33.4 Å². The number of pyridine rings is 2. The average molecular weight is 565 g/mol. The quantitative estimate of drug-likeness (QED) is 0.279. The number of carbonyl (C=O) groups is 1. The Morgan fingerprint density at radius 2 is 1.85 bits per heavy atom. The van der Waals surface area contributed by atoms with Gasteiger partial charge < -0.3 is 14.8 Å². The number of anilines is 2. The molecule has 39 heavy (non-hydrogen) atoms. The molecule has 3 heterocycles. The molecule has 1 aliphatic rings. The predicted octanol–water partition coefficient (Wildman–Crippen LogP) is 6.81. The van der Waals surface area contributed by atoms with Crippen molar-refractivity contribution in [3.63, 3.8) is 0 Å². The van der Waals surface area contributed by atoms with E-state index in [1.54, 1.807) is 47.8 Å². The molecule has 2 aromatic heterocycles. The number of nitrogens with one attached hydrogen (secondary N) is 1. The highest BCUT2D eigenvalue weighted by Gasteiger charge is 2.28. The zero-order chi connectivity index (χ0) is 27.5. The molecule has 6 nitrogen and oxygen atoms in total. The van der Waals surface area contributed by atoms with Crippen molar-refractivity contribution >= 4 is 40.5 Å². The smallest absolute Gasteiger partial charge is 0.271 e. The van der Waals surface area contributed by atoms with E-state index in [4.69, 9.17) is 23.2 Å². The first-order chi connectivity index (χ1) is 18.8. The van der Waals surface area contributed by atoms with E-state index in [0.717, 1.165) is 29.5 Å². The molecule has 9 heteroatoms. The summed E-state index contributed by atoms with van der Waals surface area (Å²) in [6.45, 7) is 3.16. The number of rotatable bonds is 6. The van der Waals surface area contributed by atoms with E-state index in [0.29, 0.717) is 29.4 Å². The number of aromatic nitrogens is 2. The fourth-order valence-electron chi connectivity index (χ4n) is 4.94. The third-order valence-corrected chi connectivity index (χ3v) is 7.69. The highest BCUT2D eigenvalue weighted by molar-refractivity contribution is 6.34. The molecule has 1 amide bonds. The highest BCUT2D eigenvalue weighted by Crippen LogP contribution is 2.33. The van der Waals surface area contributed by atoms with Gasteiger partial charge in [-0.05, 0) is 78.8 Å². The summed E-state index contributed by atoms with van der Waals surface area (Å²) in [4.78, 5) is 33.1. The number of hydrogen-bond donors (Lipinski definition) is 1. The second kappa shape index (κ2) is 11.6. The van der Waals surface area contributed by atoms with E-state index in [2.05, 4.69) is 10.3 Å². The van der Waals surface area contributed by atoms with Crippen LogP contribution in [0.4, 0.5) is 15.8 Å². The van der Waals surface area contributed by atoms with Crippen LogP contribution in [0.3, 0.4) is 0 Å². The highest BCUT2D eigenvalue weighted by atomic mass is 35.5. The molecule has 0 atom stereocenters. The van der Waals surface area contributed by atoms with Gasteiger partial charge in [0.15, 0.2) is 0 Å².